The number of benzene rings is 1. The van der Waals surface area contributed by atoms with Crippen LogP contribution in [0.2, 0.25) is 0 Å². The molecule has 0 aliphatic carbocycles. The van der Waals surface area contributed by atoms with Gasteiger partial charge in [0.15, 0.2) is 0 Å². The molecule has 0 aromatic heterocycles. The van der Waals surface area contributed by atoms with Crippen molar-refractivity contribution in [1.82, 2.24) is 0 Å². The Kier molecular flexibility index (Phi) is 3.23. The maximum atomic E-state index is 10.7. The lowest BCUT2D eigenvalue weighted by molar-refractivity contribution is -0.162. The first-order valence-corrected chi connectivity index (χ1v) is 3.80. The number of hydrogen-bond donors (Lipinski definition) is 1. The van der Waals surface area contributed by atoms with Crippen molar-refractivity contribution >= 4 is 5.97 Å². The number of hydrogen-bond acceptors (Lipinski definition) is 3. The summed E-state index contributed by atoms with van der Waals surface area (Å²) in [5, 5.41) is 9.33. The maximum Gasteiger partial charge on any atom is 0.332 e. The lowest BCUT2D eigenvalue weighted by Crippen LogP contribution is -2.07. The lowest BCUT2D eigenvalue weighted by Gasteiger charge is -2.09. The van der Waals surface area contributed by atoms with E-state index in [-0.39, 0.29) is 0 Å². The largest absolute Gasteiger partial charge is 0.428 e. The topological polar surface area (TPSA) is 46.5 Å². The minimum atomic E-state index is -1.22. The van der Waals surface area contributed by atoms with E-state index >= 15 is 0 Å². The van der Waals surface area contributed by atoms with E-state index in [1.54, 1.807) is 24.3 Å². The Labute approximate surface area is 76.3 Å². The van der Waals surface area contributed by atoms with E-state index in [1.165, 1.54) is 0 Å². The standard InChI is InChI=1S/C10H10O3/c1-2-9(11)13-10(12)8-6-4-3-5-7-8/h2-7,10,12H,1H2. The van der Waals surface area contributed by atoms with Crippen LogP contribution < -0.4 is 0 Å². The summed E-state index contributed by atoms with van der Waals surface area (Å²) in [6, 6.07) is 8.65. The summed E-state index contributed by atoms with van der Waals surface area (Å²) in [6.07, 6.45) is -0.210. The quantitative estimate of drug-likeness (QED) is 0.432. The Morgan fingerprint density at radius 1 is 1.46 bits per heavy atom. The van der Waals surface area contributed by atoms with E-state index in [1.807, 2.05) is 6.07 Å². The Bertz CT molecular complexity index is 292. The molecule has 1 atom stereocenters. The van der Waals surface area contributed by atoms with Crippen LogP contribution in [0.5, 0.6) is 0 Å². The highest BCUT2D eigenvalue weighted by Gasteiger charge is 2.09. The number of carbonyl (C=O) groups excluding carboxylic acids is 1. The highest BCUT2D eigenvalue weighted by Crippen LogP contribution is 2.13. The zero-order chi connectivity index (χ0) is 9.68. The summed E-state index contributed by atoms with van der Waals surface area (Å²) < 4.78 is 4.58. The zero-order valence-electron chi connectivity index (χ0n) is 7.01. The number of aliphatic hydroxyl groups excluding tert-OH is 1. The van der Waals surface area contributed by atoms with Gasteiger partial charge in [0.2, 0.25) is 6.29 Å². The van der Waals surface area contributed by atoms with Crippen molar-refractivity contribution < 1.29 is 14.6 Å². The van der Waals surface area contributed by atoms with Crippen LogP contribution in [0.4, 0.5) is 0 Å². The molecule has 0 spiro atoms. The van der Waals surface area contributed by atoms with Gasteiger partial charge in [-0.15, -0.1) is 0 Å². The second kappa shape index (κ2) is 4.42. The summed E-state index contributed by atoms with van der Waals surface area (Å²) in [7, 11) is 0. The number of carbonyl (C=O) groups is 1. The highest BCUT2D eigenvalue weighted by molar-refractivity contribution is 5.81. The van der Waals surface area contributed by atoms with E-state index < -0.39 is 12.3 Å². The third-order valence-electron chi connectivity index (χ3n) is 1.48. The van der Waals surface area contributed by atoms with Crippen LogP contribution >= 0.6 is 0 Å². The molecule has 1 N–H and O–H groups in total. The number of aliphatic hydroxyl groups is 1. The molecule has 0 bridgehead atoms. The fourth-order valence-electron chi connectivity index (χ4n) is 0.844. The predicted molar refractivity (Wildman–Crippen MR) is 47.7 cm³/mol. The SMILES string of the molecule is C=CC(=O)OC(O)c1ccccc1. The Hall–Kier alpha value is -1.61. The normalized spacial score (nSPS) is 11.8. The van der Waals surface area contributed by atoms with Crippen LogP contribution in [0.3, 0.4) is 0 Å². The molecule has 0 aliphatic rings. The van der Waals surface area contributed by atoms with Crippen molar-refractivity contribution in [3.63, 3.8) is 0 Å². The zero-order valence-corrected chi connectivity index (χ0v) is 7.01. The van der Waals surface area contributed by atoms with Crippen molar-refractivity contribution in [2.75, 3.05) is 0 Å². The van der Waals surface area contributed by atoms with Crippen molar-refractivity contribution in [2.24, 2.45) is 0 Å². The number of ether oxygens (including phenoxy) is 1. The van der Waals surface area contributed by atoms with Gasteiger partial charge in [-0.25, -0.2) is 4.79 Å². The molecule has 0 heterocycles. The first-order chi connectivity index (χ1) is 6.24. The van der Waals surface area contributed by atoms with Gasteiger partial charge in [0.25, 0.3) is 0 Å². The van der Waals surface area contributed by atoms with Gasteiger partial charge in [-0.2, -0.15) is 0 Å². The van der Waals surface area contributed by atoms with Gasteiger partial charge in [0.05, 0.1) is 0 Å². The first-order valence-electron chi connectivity index (χ1n) is 3.80. The third-order valence-corrected chi connectivity index (χ3v) is 1.48. The van der Waals surface area contributed by atoms with Gasteiger partial charge in [0.1, 0.15) is 0 Å². The molecule has 68 valence electrons. The summed E-state index contributed by atoms with van der Waals surface area (Å²) in [5.74, 6) is -0.642. The van der Waals surface area contributed by atoms with Crippen LogP contribution in [0.25, 0.3) is 0 Å². The van der Waals surface area contributed by atoms with Crippen LogP contribution in [0, 0.1) is 0 Å². The molecule has 0 amide bonds. The van der Waals surface area contributed by atoms with Crippen LogP contribution in [0.1, 0.15) is 11.9 Å². The molecule has 0 saturated heterocycles. The molecule has 1 unspecified atom stereocenters. The minimum Gasteiger partial charge on any atom is -0.428 e. The van der Waals surface area contributed by atoms with Gasteiger partial charge in [-0.1, -0.05) is 36.9 Å². The molecule has 3 nitrogen and oxygen atoms in total. The van der Waals surface area contributed by atoms with Gasteiger partial charge in [-0.3, -0.25) is 0 Å². The lowest BCUT2D eigenvalue weighted by atomic mass is 10.2. The molecule has 3 heteroatoms. The second-order valence-corrected chi connectivity index (χ2v) is 2.40. The van der Waals surface area contributed by atoms with Crippen molar-refractivity contribution in [1.29, 1.82) is 0 Å². The molecular formula is C10H10O3. The maximum absolute atomic E-state index is 10.7. The second-order valence-electron chi connectivity index (χ2n) is 2.40. The minimum absolute atomic E-state index is 0.540. The molecule has 1 aromatic rings. The summed E-state index contributed by atoms with van der Waals surface area (Å²) in [4.78, 5) is 10.7. The first kappa shape index (κ1) is 9.48. The van der Waals surface area contributed by atoms with Gasteiger partial charge in [0, 0.05) is 11.6 Å². The Morgan fingerprint density at radius 2 is 2.08 bits per heavy atom. The fourth-order valence-corrected chi connectivity index (χ4v) is 0.844. The number of esters is 1. The molecule has 1 aromatic carbocycles. The number of rotatable bonds is 3. The molecule has 0 saturated carbocycles. The highest BCUT2D eigenvalue weighted by atomic mass is 16.6. The average molecular weight is 178 g/mol. The van der Waals surface area contributed by atoms with E-state index in [2.05, 4.69) is 11.3 Å². The fraction of sp³-hybridized carbons (Fsp3) is 0.100. The molecule has 0 radical (unpaired) electrons. The Morgan fingerprint density at radius 3 is 2.62 bits per heavy atom. The van der Waals surface area contributed by atoms with Gasteiger partial charge < -0.3 is 9.84 Å². The average Bonchev–Trinajstić information content (AvgIpc) is 2.19. The van der Waals surface area contributed by atoms with E-state index in [0.717, 1.165) is 6.08 Å². The van der Waals surface area contributed by atoms with Crippen LogP contribution in [0.15, 0.2) is 43.0 Å². The summed E-state index contributed by atoms with van der Waals surface area (Å²) in [6.45, 7) is 3.22. The van der Waals surface area contributed by atoms with Crippen LogP contribution in [-0.4, -0.2) is 11.1 Å². The molecule has 0 aliphatic heterocycles. The molecule has 0 fully saturated rings. The van der Waals surface area contributed by atoms with Crippen molar-refractivity contribution in [2.45, 2.75) is 6.29 Å². The van der Waals surface area contributed by atoms with E-state index in [0.29, 0.717) is 5.56 Å². The van der Waals surface area contributed by atoms with Crippen molar-refractivity contribution in [3.05, 3.63) is 48.6 Å². The van der Waals surface area contributed by atoms with Gasteiger partial charge >= 0.3 is 5.97 Å². The third kappa shape index (κ3) is 2.72. The predicted octanol–water partition coefficient (Wildman–Crippen LogP) is 1.41. The van der Waals surface area contributed by atoms with E-state index in [4.69, 9.17) is 0 Å². The summed E-state index contributed by atoms with van der Waals surface area (Å²) >= 11 is 0. The van der Waals surface area contributed by atoms with E-state index in [9.17, 15) is 9.90 Å². The summed E-state index contributed by atoms with van der Waals surface area (Å²) in [5.41, 5.74) is 0.540. The smallest absolute Gasteiger partial charge is 0.332 e. The van der Waals surface area contributed by atoms with Gasteiger partial charge in [-0.05, 0) is 0 Å². The molecule has 13 heavy (non-hydrogen) atoms. The van der Waals surface area contributed by atoms with Crippen molar-refractivity contribution in [3.8, 4) is 0 Å². The molecule has 1 rings (SSSR count). The molecular weight excluding hydrogens is 168 g/mol. The van der Waals surface area contributed by atoms with Crippen LogP contribution in [-0.2, 0) is 9.53 Å². The Balaban J connectivity index is 2.63. The monoisotopic (exact) mass is 178 g/mol.